The first-order valence-corrected chi connectivity index (χ1v) is 9.75. The molecule has 0 spiro atoms. The van der Waals surface area contributed by atoms with Gasteiger partial charge >= 0.3 is 5.95 Å². The number of aromatic nitrogens is 2. The highest BCUT2D eigenvalue weighted by Gasteiger charge is 2.21. The van der Waals surface area contributed by atoms with Crippen molar-refractivity contribution in [3.05, 3.63) is 83.9 Å². The number of nitrogen functional groups attached to an aromatic ring is 1. The number of anilines is 1. The summed E-state index contributed by atoms with van der Waals surface area (Å²) >= 11 is 0. The fourth-order valence-corrected chi connectivity index (χ4v) is 3.60. The number of fused-ring (bicyclic) bond motifs is 1. The van der Waals surface area contributed by atoms with E-state index in [1.54, 1.807) is 7.11 Å². The Morgan fingerprint density at radius 1 is 0.897 bits per heavy atom. The molecular weight excluding hydrogens is 362 g/mol. The zero-order valence-electron chi connectivity index (χ0n) is 16.8. The predicted molar refractivity (Wildman–Crippen MR) is 115 cm³/mol. The number of ether oxygens (including phenoxy) is 2. The quantitative estimate of drug-likeness (QED) is 0.488. The lowest BCUT2D eigenvalue weighted by Gasteiger charge is -2.07. The lowest BCUT2D eigenvalue weighted by atomic mass is 10.1. The van der Waals surface area contributed by atoms with Crippen LogP contribution in [-0.4, -0.2) is 18.3 Å². The lowest BCUT2D eigenvalue weighted by Crippen LogP contribution is -2.37. The lowest BCUT2D eigenvalue weighted by molar-refractivity contribution is -0.648. The van der Waals surface area contributed by atoms with Gasteiger partial charge in [-0.3, -0.25) is 5.73 Å². The molecule has 0 amide bonds. The molecule has 0 saturated carbocycles. The Hall–Kier alpha value is -3.47. The first-order valence-electron chi connectivity index (χ1n) is 9.75. The smallest absolute Gasteiger partial charge is 0.356 e. The van der Waals surface area contributed by atoms with E-state index < -0.39 is 0 Å². The summed E-state index contributed by atoms with van der Waals surface area (Å²) in [6.07, 6.45) is 0. The maximum Gasteiger partial charge on any atom is 0.356 e. The van der Waals surface area contributed by atoms with Gasteiger partial charge in [-0.05, 0) is 54.4 Å². The fraction of sp³-hybridized carbons (Fsp3) is 0.208. The van der Waals surface area contributed by atoms with Gasteiger partial charge in [-0.25, -0.2) is 9.13 Å². The van der Waals surface area contributed by atoms with Crippen molar-refractivity contribution >= 4 is 17.0 Å². The molecule has 148 valence electrons. The van der Waals surface area contributed by atoms with E-state index in [1.165, 1.54) is 11.1 Å². The number of benzene rings is 3. The highest BCUT2D eigenvalue weighted by atomic mass is 16.5. The molecule has 0 saturated heterocycles. The third-order valence-corrected chi connectivity index (χ3v) is 5.25. The van der Waals surface area contributed by atoms with Gasteiger partial charge in [0.1, 0.15) is 35.7 Å². The second-order valence-corrected chi connectivity index (χ2v) is 7.04. The molecule has 5 heteroatoms. The highest BCUT2D eigenvalue weighted by molar-refractivity contribution is 5.73. The number of nitrogens with two attached hydrogens (primary N) is 1. The summed E-state index contributed by atoms with van der Waals surface area (Å²) in [7, 11) is 1.65. The molecule has 0 unspecified atom stereocenters. The first-order chi connectivity index (χ1) is 14.2. The van der Waals surface area contributed by atoms with Crippen molar-refractivity contribution in [3.8, 4) is 11.5 Å². The summed E-state index contributed by atoms with van der Waals surface area (Å²) < 4.78 is 15.4. The summed E-state index contributed by atoms with van der Waals surface area (Å²) in [5.74, 6) is 2.36. The maximum absolute atomic E-state index is 6.59. The summed E-state index contributed by atoms with van der Waals surface area (Å²) in [5, 5.41) is 0. The number of para-hydroxylation sites is 2. The van der Waals surface area contributed by atoms with Crippen molar-refractivity contribution in [2.24, 2.45) is 0 Å². The molecule has 0 bridgehead atoms. The normalized spacial score (nSPS) is 11.0. The Labute approximate surface area is 170 Å². The molecular formula is C24H26N3O2+. The van der Waals surface area contributed by atoms with E-state index in [2.05, 4.69) is 52.5 Å². The van der Waals surface area contributed by atoms with Crippen molar-refractivity contribution in [2.45, 2.75) is 20.0 Å². The molecule has 4 rings (SSSR count). The van der Waals surface area contributed by atoms with E-state index >= 15 is 0 Å². The van der Waals surface area contributed by atoms with E-state index in [4.69, 9.17) is 15.2 Å². The van der Waals surface area contributed by atoms with E-state index in [1.807, 2.05) is 36.4 Å². The molecule has 29 heavy (non-hydrogen) atoms. The Bertz CT molecular complexity index is 1120. The summed E-state index contributed by atoms with van der Waals surface area (Å²) in [4.78, 5) is 0. The second kappa shape index (κ2) is 8.27. The largest absolute Gasteiger partial charge is 0.497 e. The minimum atomic E-state index is 0.527. The number of nitrogens with zero attached hydrogens (tertiary/aromatic N) is 2. The van der Waals surface area contributed by atoms with Gasteiger partial charge < -0.3 is 9.47 Å². The molecule has 0 aliphatic rings. The van der Waals surface area contributed by atoms with Gasteiger partial charge in [0.15, 0.2) is 0 Å². The Morgan fingerprint density at radius 3 is 2.34 bits per heavy atom. The van der Waals surface area contributed by atoms with E-state index in [9.17, 15) is 0 Å². The van der Waals surface area contributed by atoms with Crippen LogP contribution in [0.25, 0.3) is 11.0 Å². The average molecular weight is 388 g/mol. The third kappa shape index (κ3) is 3.90. The van der Waals surface area contributed by atoms with Gasteiger partial charge in [-0.1, -0.05) is 36.4 Å². The van der Waals surface area contributed by atoms with Crippen molar-refractivity contribution in [2.75, 3.05) is 19.5 Å². The van der Waals surface area contributed by atoms with Gasteiger partial charge in [-0.2, -0.15) is 0 Å². The molecule has 0 aliphatic carbocycles. The minimum absolute atomic E-state index is 0.527. The van der Waals surface area contributed by atoms with Crippen LogP contribution >= 0.6 is 0 Å². The first kappa shape index (κ1) is 18.9. The van der Waals surface area contributed by atoms with Gasteiger partial charge in [0.05, 0.1) is 13.7 Å². The SMILES string of the molecule is COc1ccc(OCCn2c(N)[n+](Cc3ccccc3C)c3ccccc32)cc1. The highest BCUT2D eigenvalue weighted by Crippen LogP contribution is 2.19. The van der Waals surface area contributed by atoms with Crippen molar-refractivity contribution in [1.29, 1.82) is 0 Å². The molecule has 2 N–H and O–H groups in total. The zero-order valence-corrected chi connectivity index (χ0v) is 16.8. The van der Waals surface area contributed by atoms with Crippen LogP contribution in [0.5, 0.6) is 11.5 Å². The number of hydrogen-bond donors (Lipinski definition) is 1. The van der Waals surface area contributed by atoms with Crippen LogP contribution in [0.4, 0.5) is 5.95 Å². The molecule has 0 radical (unpaired) electrons. The second-order valence-electron chi connectivity index (χ2n) is 7.04. The van der Waals surface area contributed by atoms with Gasteiger partial charge in [0, 0.05) is 0 Å². The molecule has 0 atom stereocenters. The van der Waals surface area contributed by atoms with Crippen LogP contribution in [0.3, 0.4) is 0 Å². The van der Waals surface area contributed by atoms with E-state index in [-0.39, 0.29) is 0 Å². The molecule has 5 nitrogen and oxygen atoms in total. The van der Waals surface area contributed by atoms with Gasteiger partial charge in [0.2, 0.25) is 0 Å². The van der Waals surface area contributed by atoms with Crippen LogP contribution in [-0.2, 0) is 13.1 Å². The number of aryl methyl sites for hydroxylation is 1. The van der Waals surface area contributed by atoms with E-state index in [0.717, 1.165) is 35.0 Å². The molecule has 1 heterocycles. The van der Waals surface area contributed by atoms with Crippen LogP contribution in [0, 0.1) is 6.92 Å². The van der Waals surface area contributed by atoms with Crippen LogP contribution in [0.2, 0.25) is 0 Å². The topological polar surface area (TPSA) is 53.3 Å². The minimum Gasteiger partial charge on any atom is -0.497 e. The Balaban J connectivity index is 1.57. The number of hydrogen-bond acceptors (Lipinski definition) is 3. The summed E-state index contributed by atoms with van der Waals surface area (Å²) in [5.41, 5.74) is 11.3. The Morgan fingerprint density at radius 2 is 1.59 bits per heavy atom. The molecule has 1 aromatic heterocycles. The standard InChI is InChI=1S/C24H25N3O2/c1-18-7-3-4-8-19(18)17-27-23-10-6-5-9-22(23)26(24(27)25)15-16-29-21-13-11-20(28-2)12-14-21/h3-14,25H,15-17H2,1-2H3/p+1. The molecule has 3 aromatic carbocycles. The monoisotopic (exact) mass is 388 g/mol. The van der Waals surface area contributed by atoms with Gasteiger partial charge in [0.25, 0.3) is 0 Å². The number of imidazole rings is 1. The van der Waals surface area contributed by atoms with E-state index in [0.29, 0.717) is 13.2 Å². The van der Waals surface area contributed by atoms with Crippen molar-refractivity contribution < 1.29 is 14.0 Å². The summed E-state index contributed by atoms with van der Waals surface area (Å²) in [6.45, 7) is 4.07. The van der Waals surface area contributed by atoms with Crippen LogP contribution in [0.15, 0.2) is 72.8 Å². The number of methoxy groups -OCH3 is 1. The molecule has 0 fully saturated rings. The van der Waals surface area contributed by atoms with Gasteiger partial charge in [-0.15, -0.1) is 0 Å². The Kier molecular flexibility index (Phi) is 5.38. The fourth-order valence-electron chi connectivity index (χ4n) is 3.60. The number of rotatable bonds is 7. The van der Waals surface area contributed by atoms with Crippen LogP contribution in [0.1, 0.15) is 11.1 Å². The third-order valence-electron chi connectivity index (χ3n) is 5.25. The summed E-state index contributed by atoms with van der Waals surface area (Å²) in [6, 6.07) is 24.3. The molecule has 0 aliphatic heterocycles. The average Bonchev–Trinajstić information content (AvgIpc) is 3.02. The molecule has 4 aromatic rings. The maximum atomic E-state index is 6.59. The zero-order chi connectivity index (χ0) is 20.2. The van der Waals surface area contributed by atoms with Crippen molar-refractivity contribution in [1.82, 2.24) is 4.57 Å². The van der Waals surface area contributed by atoms with Crippen LogP contribution < -0.4 is 19.8 Å². The predicted octanol–water partition coefficient (Wildman–Crippen LogP) is 3.96. The van der Waals surface area contributed by atoms with Crippen molar-refractivity contribution in [3.63, 3.8) is 0 Å².